The summed E-state index contributed by atoms with van der Waals surface area (Å²) in [6.07, 6.45) is 0.993. The second kappa shape index (κ2) is 5.20. The summed E-state index contributed by atoms with van der Waals surface area (Å²) in [6, 6.07) is 5.02. The zero-order valence-corrected chi connectivity index (χ0v) is 9.31. The van der Waals surface area contributed by atoms with E-state index in [2.05, 4.69) is 6.92 Å². The average molecular weight is 216 g/mol. The molecule has 0 fully saturated rings. The Hall–Kier alpha value is -0.760. The molecule has 0 aliphatic carbocycles. The Morgan fingerprint density at radius 3 is 2.71 bits per heavy atom. The SMILES string of the molecule is CCCN(C)c1c(F)cccc1CCl. The number of nitrogens with zero attached hydrogens (tertiary/aromatic N) is 1. The van der Waals surface area contributed by atoms with E-state index in [4.69, 9.17) is 11.6 Å². The van der Waals surface area contributed by atoms with Crippen LogP contribution in [0.3, 0.4) is 0 Å². The maximum absolute atomic E-state index is 13.5. The third-order valence-corrected chi connectivity index (χ3v) is 2.44. The van der Waals surface area contributed by atoms with E-state index in [9.17, 15) is 4.39 Å². The van der Waals surface area contributed by atoms with Crippen molar-refractivity contribution in [3.05, 3.63) is 29.6 Å². The van der Waals surface area contributed by atoms with E-state index in [1.54, 1.807) is 6.07 Å². The molecule has 0 atom stereocenters. The number of alkyl halides is 1. The quantitative estimate of drug-likeness (QED) is 0.696. The van der Waals surface area contributed by atoms with Crippen molar-refractivity contribution in [3.63, 3.8) is 0 Å². The van der Waals surface area contributed by atoms with Gasteiger partial charge in [-0.3, -0.25) is 0 Å². The second-order valence-corrected chi connectivity index (χ2v) is 3.57. The summed E-state index contributed by atoms with van der Waals surface area (Å²) in [6.45, 7) is 2.91. The van der Waals surface area contributed by atoms with Crippen LogP contribution in [0.1, 0.15) is 18.9 Å². The van der Waals surface area contributed by atoms with Gasteiger partial charge in [0.2, 0.25) is 0 Å². The predicted octanol–water partition coefficient (Wildman–Crippen LogP) is 3.41. The first-order chi connectivity index (χ1) is 6.70. The molecule has 1 aromatic rings. The highest BCUT2D eigenvalue weighted by atomic mass is 35.5. The summed E-state index contributed by atoms with van der Waals surface area (Å²) in [4.78, 5) is 1.91. The highest BCUT2D eigenvalue weighted by molar-refractivity contribution is 6.17. The molecule has 0 radical (unpaired) electrons. The van der Waals surface area contributed by atoms with Crippen molar-refractivity contribution in [2.45, 2.75) is 19.2 Å². The minimum Gasteiger partial charge on any atom is -0.372 e. The van der Waals surface area contributed by atoms with Gasteiger partial charge in [0.1, 0.15) is 5.82 Å². The van der Waals surface area contributed by atoms with E-state index < -0.39 is 0 Å². The lowest BCUT2D eigenvalue weighted by Gasteiger charge is -2.21. The standard InChI is InChI=1S/C11H15ClFN/c1-3-7-14(2)11-9(8-12)5-4-6-10(11)13/h4-6H,3,7-8H2,1-2H3. The molecule has 0 spiro atoms. The van der Waals surface area contributed by atoms with Crippen LogP contribution < -0.4 is 4.90 Å². The molecule has 0 unspecified atom stereocenters. The Balaban J connectivity index is 3.03. The van der Waals surface area contributed by atoms with Crippen LogP contribution in [0.25, 0.3) is 0 Å². The normalized spacial score (nSPS) is 10.3. The monoisotopic (exact) mass is 215 g/mol. The molecule has 1 rings (SSSR count). The van der Waals surface area contributed by atoms with Crippen molar-refractivity contribution in [1.82, 2.24) is 0 Å². The molecule has 0 heterocycles. The smallest absolute Gasteiger partial charge is 0.146 e. The Kier molecular flexibility index (Phi) is 4.21. The summed E-state index contributed by atoms with van der Waals surface area (Å²) in [5, 5.41) is 0. The first-order valence-corrected chi connectivity index (χ1v) is 5.28. The molecule has 3 heteroatoms. The molecule has 14 heavy (non-hydrogen) atoms. The molecule has 1 nitrogen and oxygen atoms in total. The molecule has 0 bridgehead atoms. The third kappa shape index (κ3) is 2.38. The van der Waals surface area contributed by atoms with Crippen LogP contribution in [0.5, 0.6) is 0 Å². The van der Waals surface area contributed by atoms with Crippen LogP contribution in [-0.4, -0.2) is 13.6 Å². The van der Waals surface area contributed by atoms with Crippen LogP contribution in [0.4, 0.5) is 10.1 Å². The molecule has 78 valence electrons. The number of para-hydroxylation sites is 1. The van der Waals surface area contributed by atoms with Crippen molar-refractivity contribution in [2.24, 2.45) is 0 Å². The van der Waals surface area contributed by atoms with Gasteiger partial charge in [-0.05, 0) is 18.1 Å². The van der Waals surface area contributed by atoms with Crippen LogP contribution in [0.2, 0.25) is 0 Å². The minimum atomic E-state index is -0.195. The summed E-state index contributed by atoms with van der Waals surface area (Å²) in [5.41, 5.74) is 1.48. The third-order valence-electron chi connectivity index (χ3n) is 2.16. The molecule has 0 saturated heterocycles. The highest BCUT2D eigenvalue weighted by Gasteiger charge is 2.11. The second-order valence-electron chi connectivity index (χ2n) is 3.30. The van der Waals surface area contributed by atoms with Gasteiger partial charge in [-0.15, -0.1) is 11.6 Å². The van der Waals surface area contributed by atoms with Crippen molar-refractivity contribution < 1.29 is 4.39 Å². The molecule has 0 N–H and O–H groups in total. The van der Waals surface area contributed by atoms with Crippen LogP contribution in [0, 0.1) is 5.82 Å². The summed E-state index contributed by atoms with van der Waals surface area (Å²) < 4.78 is 13.5. The molecule has 0 aliphatic heterocycles. The van der Waals surface area contributed by atoms with Gasteiger partial charge >= 0.3 is 0 Å². The van der Waals surface area contributed by atoms with Crippen LogP contribution >= 0.6 is 11.6 Å². The lowest BCUT2D eigenvalue weighted by atomic mass is 10.1. The number of rotatable bonds is 4. The van der Waals surface area contributed by atoms with Crippen molar-refractivity contribution in [1.29, 1.82) is 0 Å². The van der Waals surface area contributed by atoms with Gasteiger partial charge in [0.05, 0.1) is 5.69 Å². The molecular formula is C11H15ClFN. The highest BCUT2D eigenvalue weighted by Crippen LogP contribution is 2.24. The first kappa shape index (κ1) is 11.3. The summed E-state index contributed by atoms with van der Waals surface area (Å²) >= 11 is 5.75. The van der Waals surface area contributed by atoms with Crippen LogP contribution in [-0.2, 0) is 5.88 Å². The molecule has 0 saturated carbocycles. The number of halogens is 2. The van der Waals surface area contributed by atoms with E-state index in [0.29, 0.717) is 11.6 Å². The summed E-state index contributed by atoms with van der Waals surface area (Å²) in [5.74, 6) is 0.153. The Morgan fingerprint density at radius 2 is 2.14 bits per heavy atom. The van der Waals surface area contributed by atoms with Gasteiger partial charge in [-0.2, -0.15) is 0 Å². The lowest BCUT2D eigenvalue weighted by Crippen LogP contribution is -2.20. The lowest BCUT2D eigenvalue weighted by molar-refractivity contribution is 0.620. The topological polar surface area (TPSA) is 3.24 Å². The number of benzene rings is 1. The molecule has 0 aromatic heterocycles. The number of anilines is 1. The van der Waals surface area contributed by atoms with E-state index in [1.165, 1.54) is 6.07 Å². The van der Waals surface area contributed by atoms with Crippen LogP contribution in [0.15, 0.2) is 18.2 Å². The van der Waals surface area contributed by atoms with Crippen molar-refractivity contribution >= 4 is 17.3 Å². The first-order valence-electron chi connectivity index (χ1n) is 4.75. The van der Waals surface area contributed by atoms with Crippen molar-refractivity contribution in [3.8, 4) is 0 Å². The summed E-state index contributed by atoms with van der Waals surface area (Å²) in [7, 11) is 1.89. The van der Waals surface area contributed by atoms with E-state index in [1.807, 2.05) is 18.0 Å². The maximum Gasteiger partial charge on any atom is 0.146 e. The van der Waals surface area contributed by atoms with Gasteiger partial charge in [-0.1, -0.05) is 19.1 Å². The fourth-order valence-electron chi connectivity index (χ4n) is 1.54. The Morgan fingerprint density at radius 1 is 1.43 bits per heavy atom. The Bertz CT molecular complexity index is 301. The zero-order chi connectivity index (χ0) is 10.6. The van der Waals surface area contributed by atoms with Gasteiger partial charge in [0, 0.05) is 19.5 Å². The zero-order valence-electron chi connectivity index (χ0n) is 8.56. The van der Waals surface area contributed by atoms with E-state index in [-0.39, 0.29) is 5.82 Å². The molecule has 1 aromatic carbocycles. The van der Waals surface area contributed by atoms with Gasteiger partial charge in [-0.25, -0.2) is 4.39 Å². The van der Waals surface area contributed by atoms with Gasteiger partial charge in [0.25, 0.3) is 0 Å². The molecular weight excluding hydrogens is 201 g/mol. The van der Waals surface area contributed by atoms with Gasteiger partial charge < -0.3 is 4.90 Å². The van der Waals surface area contributed by atoms with Gasteiger partial charge in [0.15, 0.2) is 0 Å². The van der Waals surface area contributed by atoms with E-state index >= 15 is 0 Å². The fourth-order valence-corrected chi connectivity index (χ4v) is 1.76. The molecule has 0 amide bonds. The van der Waals surface area contributed by atoms with E-state index in [0.717, 1.165) is 18.5 Å². The minimum absolute atomic E-state index is 0.195. The maximum atomic E-state index is 13.5. The molecule has 0 aliphatic rings. The predicted molar refractivity (Wildman–Crippen MR) is 59.5 cm³/mol. The largest absolute Gasteiger partial charge is 0.372 e. The Labute approximate surface area is 89.5 Å². The number of hydrogen-bond acceptors (Lipinski definition) is 1. The number of hydrogen-bond donors (Lipinski definition) is 0. The fraction of sp³-hybridized carbons (Fsp3) is 0.455. The van der Waals surface area contributed by atoms with Crippen molar-refractivity contribution in [2.75, 3.05) is 18.5 Å². The average Bonchev–Trinajstić information content (AvgIpc) is 2.17.